The van der Waals surface area contributed by atoms with Gasteiger partial charge in [0.05, 0.1) is 10.1 Å². The zero-order valence-electron chi connectivity index (χ0n) is 19.7. The molecule has 0 atom stereocenters. The van der Waals surface area contributed by atoms with Gasteiger partial charge in [0.1, 0.15) is 5.82 Å². The highest BCUT2D eigenvalue weighted by Gasteiger charge is 2.35. The number of anilines is 4. The molecule has 3 aromatic rings. The molecule has 0 amide bonds. The van der Waals surface area contributed by atoms with Gasteiger partial charge in [-0.25, -0.2) is 31.3 Å². The predicted octanol–water partition coefficient (Wildman–Crippen LogP) is 3.07. The van der Waals surface area contributed by atoms with E-state index < -0.39 is 20.0 Å². The van der Waals surface area contributed by atoms with E-state index in [1.54, 1.807) is 25.3 Å². The van der Waals surface area contributed by atoms with Crippen LogP contribution in [0.2, 0.25) is 0 Å². The summed E-state index contributed by atoms with van der Waals surface area (Å²) in [5, 5.41) is 6.04. The van der Waals surface area contributed by atoms with Gasteiger partial charge in [-0.2, -0.15) is 4.98 Å². The molecule has 10 nitrogen and oxygen atoms in total. The summed E-state index contributed by atoms with van der Waals surface area (Å²) in [6, 6.07) is 12.4. The molecule has 0 radical (unpaired) electrons. The number of rotatable bonds is 10. The van der Waals surface area contributed by atoms with E-state index in [0.717, 1.165) is 29.7 Å². The van der Waals surface area contributed by atoms with Gasteiger partial charge >= 0.3 is 0 Å². The minimum atomic E-state index is -3.60. The molecule has 0 saturated heterocycles. The van der Waals surface area contributed by atoms with Crippen molar-refractivity contribution in [3.63, 3.8) is 0 Å². The Morgan fingerprint density at radius 1 is 0.943 bits per heavy atom. The van der Waals surface area contributed by atoms with Crippen LogP contribution in [0.1, 0.15) is 29.5 Å². The number of sulfonamides is 2. The Hall–Kier alpha value is -3.06. The maximum Gasteiger partial charge on any atom is 0.240 e. The van der Waals surface area contributed by atoms with Crippen LogP contribution in [0, 0.1) is 13.8 Å². The van der Waals surface area contributed by atoms with Crippen LogP contribution in [0.4, 0.5) is 23.1 Å². The zero-order chi connectivity index (χ0) is 25.2. The summed E-state index contributed by atoms with van der Waals surface area (Å²) >= 11 is 0. The third-order valence-corrected chi connectivity index (χ3v) is 9.06. The SMILES string of the molecule is CNS(=O)(=O)c1cc(Nc2ncc(C)c(Nc3cccc(CNS(=O)(=O)C4CC4)c3)n2)ccc1C. The molecule has 1 heterocycles. The lowest BCUT2D eigenvalue weighted by atomic mass is 10.2. The Kier molecular flexibility index (Phi) is 7.08. The van der Waals surface area contributed by atoms with E-state index in [2.05, 4.69) is 30.0 Å². The van der Waals surface area contributed by atoms with Gasteiger partial charge in [0.15, 0.2) is 0 Å². The fourth-order valence-corrected chi connectivity index (χ4v) is 5.77. The van der Waals surface area contributed by atoms with Gasteiger partial charge < -0.3 is 10.6 Å². The van der Waals surface area contributed by atoms with E-state index in [4.69, 9.17) is 0 Å². The van der Waals surface area contributed by atoms with E-state index in [-0.39, 0.29) is 16.7 Å². The molecule has 4 rings (SSSR count). The maximum absolute atomic E-state index is 12.3. The second-order valence-electron chi connectivity index (χ2n) is 8.43. The zero-order valence-corrected chi connectivity index (χ0v) is 21.3. The first-order chi connectivity index (χ1) is 16.6. The molecule has 2 aromatic carbocycles. The highest BCUT2D eigenvalue weighted by atomic mass is 32.2. The van der Waals surface area contributed by atoms with E-state index in [1.165, 1.54) is 13.1 Å². The Bertz CT molecular complexity index is 1450. The Balaban J connectivity index is 1.50. The van der Waals surface area contributed by atoms with Crippen LogP contribution in [-0.4, -0.2) is 39.1 Å². The van der Waals surface area contributed by atoms with E-state index in [0.29, 0.717) is 23.0 Å². The van der Waals surface area contributed by atoms with Gasteiger partial charge in [-0.05, 0) is 69.1 Å². The van der Waals surface area contributed by atoms with Crippen molar-refractivity contribution in [2.75, 3.05) is 17.7 Å². The first-order valence-corrected chi connectivity index (χ1v) is 14.1. The second kappa shape index (κ2) is 9.90. The average Bonchev–Trinajstić information content (AvgIpc) is 3.68. The molecule has 186 valence electrons. The smallest absolute Gasteiger partial charge is 0.240 e. The van der Waals surface area contributed by atoms with E-state index in [9.17, 15) is 16.8 Å². The summed E-state index contributed by atoms with van der Waals surface area (Å²) in [5.41, 5.74) is 3.53. The molecule has 4 N–H and O–H groups in total. The van der Waals surface area contributed by atoms with Crippen molar-refractivity contribution in [2.45, 2.75) is 43.4 Å². The number of nitrogens with zero attached hydrogens (tertiary/aromatic N) is 2. The normalized spacial score (nSPS) is 14.0. The number of aryl methyl sites for hydroxylation is 2. The third-order valence-electron chi connectivity index (χ3n) is 5.60. The monoisotopic (exact) mass is 516 g/mol. The number of benzene rings is 2. The molecule has 1 fully saturated rings. The van der Waals surface area contributed by atoms with Gasteiger partial charge in [0.25, 0.3) is 0 Å². The summed E-state index contributed by atoms with van der Waals surface area (Å²) < 4.78 is 53.7. The van der Waals surface area contributed by atoms with Crippen LogP contribution in [0.5, 0.6) is 0 Å². The minimum Gasteiger partial charge on any atom is -0.340 e. The molecule has 1 aliphatic carbocycles. The van der Waals surface area contributed by atoms with E-state index >= 15 is 0 Å². The Morgan fingerprint density at radius 2 is 1.69 bits per heavy atom. The van der Waals surface area contributed by atoms with E-state index in [1.807, 2.05) is 31.2 Å². The van der Waals surface area contributed by atoms with Crippen molar-refractivity contribution in [3.05, 3.63) is 65.4 Å². The lowest BCUT2D eigenvalue weighted by Crippen LogP contribution is -2.26. The molecular formula is C23H28N6O4S2. The average molecular weight is 517 g/mol. The number of hydrogen-bond donors (Lipinski definition) is 4. The topological polar surface area (TPSA) is 142 Å². The van der Waals surface area contributed by atoms with Crippen molar-refractivity contribution in [1.29, 1.82) is 0 Å². The molecular weight excluding hydrogens is 488 g/mol. The standard InChI is InChI=1S/C23H28N6O4S2/c1-15-7-8-19(12-21(15)35(32,33)24-3)28-23-25-13-16(2)22(29-23)27-18-6-4-5-17(11-18)14-26-34(30,31)20-9-10-20/h4-8,11-13,20,24,26H,9-10,14H2,1-3H3,(H2,25,27,28,29). The fourth-order valence-electron chi connectivity index (χ4n) is 3.41. The van der Waals surface area contributed by atoms with Crippen molar-refractivity contribution in [3.8, 4) is 0 Å². The molecule has 1 aromatic heterocycles. The highest BCUT2D eigenvalue weighted by molar-refractivity contribution is 7.90. The first kappa shape index (κ1) is 25.0. The van der Waals surface area contributed by atoms with Crippen molar-refractivity contribution >= 4 is 43.2 Å². The van der Waals surface area contributed by atoms with Gasteiger partial charge in [-0.15, -0.1) is 0 Å². The van der Waals surface area contributed by atoms with Crippen LogP contribution in [0.25, 0.3) is 0 Å². The summed E-state index contributed by atoms with van der Waals surface area (Å²) in [7, 11) is -5.49. The fraction of sp³-hybridized carbons (Fsp3) is 0.304. The van der Waals surface area contributed by atoms with Crippen LogP contribution in [0.15, 0.2) is 53.6 Å². The van der Waals surface area contributed by atoms with Crippen molar-refractivity contribution < 1.29 is 16.8 Å². The quantitative estimate of drug-likeness (QED) is 0.322. The second-order valence-corrected chi connectivity index (χ2v) is 12.3. The third kappa shape index (κ3) is 6.14. The lowest BCUT2D eigenvalue weighted by Gasteiger charge is -2.13. The van der Waals surface area contributed by atoms with Gasteiger partial charge in [0, 0.05) is 29.7 Å². The molecule has 1 saturated carbocycles. The van der Waals surface area contributed by atoms with Gasteiger partial charge in [0.2, 0.25) is 26.0 Å². The molecule has 12 heteroatoms. The van der Waals surface area contributed by atoms with Gasteiger partial charge in [-0.1, -0.05) is 18.2 Å². The van der Waals surface area contributed by atoms with Gasteiger partial charge in [-0.3, -0.25) is 0 Å². The molecule has 35 heavy (non-hydrogen) atoms. The van der Waals surface area contributed by atoms with Crippen LogP contribution >= 0.6 is 0 Å². The minimum absolute atomic E-state index is 0.171. The predicted molar refractivity (Wildman–Crippen MR) is 136 cm³/mol. The number of aromatic nitrogens is 2. The van der Waals surface area contributed by atoms with Crippen molar-refractivity contribution in [1.82, 2.24) is 19.4 Å². The summed E-state index contributed by atoms with van der Waals surface area (Å²) in [4.78, 5) is 9.01. The Labute approximate surface area is 205 Å². The first-order valence-electron chi connectivity index (χ1n) is 11.1. The number of nitrogens with one attached hydrogen (secondary N) is 4. The van der Waals surface area contributed by atoms with Crippen LogP contribution in [0.3, 0.4) is 0 Å². The van der Waals surface area contributed by atoms with Crippen molar-refractivity contribution in [2.24, 2.45) is 0 Å². The summed E-state index contributed by atoms with van der Waals surface area (Å²) in [6.07, 6.45) is 3.09. The molecule has 0 bridgehead atoms. The summed E-state index contributed by atoms with van der Waals surface area (Å²) in [6.45, 7) is 3.81. The lowest BCUT2D eigenvalue weighted by molar-refractivity contribution is 0.579. The molecule has 0 unspecified atom stereocenters. The number of hydrogen-bond acceptors (Lipinski definition) is 8. The maximum atomic E-state index is 12.3. The van der Waals surface area contributed by atoms with Crippen LogP contribution in [-0.2, 0) is 26.6 Å². The highest BCUT2D eigenvalue weighted by Crippen LogP contribution is 2.28. The largest absolute Gasteiger partial charge is 0.340 e. The Morgan fingerprint density at radius 3 is 2.40 bits per heavy atom. The molecule has 0 spiro atoms. The molecule has 0 aliphatic heterocycles. The summed E-state index contributed by atoms with van der Waals surface area (Å²) in [5.74, 6) is 0.858. The van der Waals surface area contributed by atoms with Crippen LogP contribution < -0.4 is 20.1 Å². The molecule has 1 aliphatic rings.